The van der Waals surface area contributed by atoms with E-state index in [-0.39, 0.29) is 17.9 Å². The standard InChI is InChI=1S/C14H28N2O2/c1-10(2)8-13(9-15)14(17)16-11(3)12-4-6-18-7-5-12/h10-13H,4-9,15H2,1-3H3,(H,16,17). The summed E-state index contributed by atoms with van der Waals surface area (Å²) < 4.78 is 5.34. The molecule has 4 nitrogen and oxygen atoms in total. The molecule has 1 saturated heterocycles. The van der Waals surface area contributed by atoms with Gasteiger partial charge in [0.25, 0.3) is 0 Å². The van der Waals surface area contributed by atoms with Crippen LogP contribution in [0.4, 0.5) is 0 Å². The Kier molecular flexibility index (Phi) is 6.65. The molecule has 4 heteroatoms. The molecule has 106 valence electrons. The van der Waals surface area contributed by atoms with Crippen molar-refractivity contribution in [2.24, 2.45) is 23.5 Å². The average Bonchev–Trinajstić information content (AvgIpc) is 2.36. The van der Waals surface area contributed by atoms with Crippen LogP contribution in [0.1, 0.15) is 40.0 Å². The van der Waals surface area contributed by atoms with Crippen molar-refractivity contribution in [2.45, 2.75) is 46.1 Å². The van der Waals surface area contributed by atoms with Gasteiger partial charge >= 0.3 is 0 Å². The molecule has 18 heavy (non-hydrogen) atoms. The van der Waals surface area contributed by atoms with Gasteiger partial charge in [-0.2, -0.15) is 0 Å². The minimum absolute atomic E-state index is 0.0488. The van der Waals surface area contributed by atoms with Gasteiger partial charge in [-0.15, -0.1) is 0 Å². The van der Waals surface area contributed by atoms with E-state index < -0.39 is 0 Å². The summed E-state index contributed by atoms with van der Waals surface area (Å²) in [5, 5.41) is 3.13. The lowest BCUT2D eigenvalue weighted by molar-refractivity contribution is -0.126. The summed E-state index contributed by atoms with van der Waals surface area (Å²) in [4.78, 5) is 12.1. The fraction of sp³-hybridized carbons (Fsp3) is 0.929. The summed E-state index contributed by atoms with van der Waals surface area (Å²) in [6, 6.07) is 0.225. The molecule has 1 amide bonds. The van der Waals surface area contributed by atoms with Crippen LogP contribution in [0.5, 0.6) is 0 Å². The zero-order chi connectivity index (χ0) is 13.5. The van der Waals surface area contributed by atoms with Gasteiger partial charge in [0.15, 0.2) is 0 Å². The normalized spacial score (nSPS) is 20.7. The van der Waals surface area contributed by atoms with E-state index in [1.54, 1.807) is 0 Å². The van der Waals surface area contributed by atoms with E-state index in [0.717, 1.165) is 32.5 Å². The molecule has 0 aromatic rings. The molecule has 0 spiro atoms. The van der Waals surface area contributed by atoms with Gasteiger partial charge in [0.1, 0.15) is 0 Å². The molecule has 0 aromatic carbocycles. The van der Waals surface area contributed by atoms with Crippen molar-refractivity contribution in [3.63, 3.8) is 0 Å². The molecule has 0 saturated carbocycles. The monoisotopic (exact) mass is 256 g/mol. The SMILES string of the molecule is CC(C)CC(CN)C(=O)NC(C)C1CCOCC1. The quantitative estimate of drug-likeness (QED) is 0.757. The van der Waals surface area contributed by atoms with Gasteiger partial charge < -0.3 is 15.8 Å². The number of nitrogens with one attached hydrogen (secondary N) is 1. The molecule has 2 atom stereocenters. The Bertz CT molecular complexity index is 250. The molecular weight excluding hydrogens is 228 g/mol. The number of ether oxygens (including phenoxy) is 1. The number of carbonyl (C=O) groups excluding carboxylic acids is 1. The smallest absolute Gasteiger partial charge is 0.224 e. The van der Waals surface area contributed by atoms with Crippen LogP contribution in [0.15, 0.2) is 0 Å². The fourth-order valence-corrected chi connectivity index (χ4v) is 2.56. The van der Waals surface area contributed by atoms with Crippen molar-refractivity contribution < 1.29 is 9.53 Å². The Morgan fingerprint density at radius 1 is 1.33 bits per heavy atom. The summed E-state index contributed by atoms with van der Waals surface area (Å²) in [6.45, 7) is 8.41. The molecular formula is C14H28N2O2. The second-order valence-corrected chi connectivity index (χ2v) is 5.81. The van der Waals surface area contributed by atoms with E-state index in [1.165, 1.54) is 0 Å². The highest BCUT2D eigenvalue weighted by molar-refractivity contribution is 5.79. The van der Waals surface area contributed by atoms with Crippen LogP contribution in [-0.4, -0.2) is 31.7 Å². The number of nitrogens with two attached hydrogens (primary N) is 1. The van der Waals surface area contributed by atoms with Gasteiger partial charge in [0.2, 0.25) is 5.91 Å². The third kappa shape index (κ3) is 4.94. The first-order valence-corrected chi connectivity index (χ1v) is 7.12. The van der Waals surface area contributed by atoms with Crippen LogP contribution in [0.3, 0.4) is 0 Å². The maximum atomic E-state index is 12.1. The summed E-state index contributed by atoms with van der Waals surface area (Å²) in [5.74, 6) is 1.11. The van der Waals surface area contributed by atoms with Crippen molar-refractivity contribution in [1.29, 1.82) is 0 Å². The first-order chi connectivity index (χ1) is 8.54. The van der Waals surface area contributed by atoms with Crippen LogP contribution in [0.25, 0.3) is 0 Å². The Morgan fingerprint density at radius 3 is 2.44 bits per heavy atom. The van der Waals surface area contributed by atoms with E-state index in [9.17, 15) is 4.79 Å². The highest BCUT2D eigenvalue weighted by Crippen LogP contribution is 2.19. The number of hydrogen-bond acceptors (Lipinski definition) is 3. The molecule has 1 fully saturated rings. The molecule has 2 unspecified atom stereocenters. The Hall–Kier alpha value is -0.610. The highest BCUT2D eigenvalue weighted by atomic mass is 16.5. The summed E-state index contributed by atoms with van der Waals surface area (Å²) >= 11 is 0. The lowest BCUT2D eigenvalue weighted by Crippen LogP contribution is -2.44. The third-order valence-electron chi connectivity index (χ3n) is 3.75. The molecule has 1 rings (SSSR count). The Labute approximate surface area is 111 Å². The van der Waals surface area contributed by atoms with E-state index in [2.05, 4.69) is 26.1 Å². The summed E-state index contributed by atoms with van der Waals surface area (Å²) in [6.07, 6.45) is 2.95. The highest BCUT2D eigenvalue weighted by Gasteiger charge is 2.25. The van der Waals surface area contributed by atoms with Crippen molar-refractivity contribution in [3.8, 4) is 0 Å². The maximum Gasteiger partial charge on any atom is 0.224 e. The Morgan fingerprint density at radius 2 is 1.94 bits per heavy atom. The van der Waals surface area contributed by atoms with Crippen molar-refractivity contribution in [1.82, 2.24) is 5.32 Å². The lowest BCUT2D eigenvalue weighted by Gasteiger charge is -2.29. The van der Waals surface area contributed by atoms with E-state index >= 15 is 0 Å². The zero-order valence-electron chi connectivity index (χ0n) is 11.9. The third-order valence-corrected chi connectivity index (χ3v) is 3.75. The van der Waals surface area contributed by atoms with Crippen LogP contribution in [0, 0.1) is 17.8 Å². The van der Waals surface area contributed by atoms with Gasteiger partial charge in [-0.3, -0.25) is 4.79 Å². The number of carbonyl (C=O) groups is 1. The predicted molar refractivity (Wildman–Crippen MR) is 73.1 cm³/mol. The number of rotatable bonds is 6. The zero-order valence-corrected chi connectivity index (χ0v) is 11.9. The largest absolute Gasteiger partial charge is 0.381 e. The summed E-state index contributed by atoms with van der Waals surface area (Å²) in [5.41, 5.74) is 5.70. The molecule has 0 aromatic heterocycles. The number of amides is 1. The van der Waals surface area contributed by atoms with E-state index in [4.69, 9.17) is 10.5 Å². The molecule has 3 N–H and O–H groups in total. The van der Waals surface area contributed by atoms with E-state index in [1.807, 2.05) is 0 Å². The average molecular weight is 256 g/mol. The van der Waals surface area contributed by atoms with Gasteiger partial charge in [-0.1, -0.05) is 13.8 Å². The Balaban J connectivity index is 2.41. The molecule has 1 heterocycles. The molecule has 0 aliphatic carbocycles. The molecule has 1 aliphatic rings. The van der Waals surface area contributed by atoms with Gasteiger partial charge in [0, 0.05) is 25.8 Å². The maximum absolute atomic E-state index is 12.1. The van der Waals surface area contributed by atoms with E-state index in [0.29, 0.717) is 18.4 Å². The van der Waals surface area contributed by atoms with Gasteiger partial charge in [0.05, 0.1) is 5.92 Å². The van der Waals surface area contributed by atoms with Crippen molar-refractivity contribution >= 4 is 5.91 Å². The van der Waals surface area contributed by atoms with Crippen LogP contribution in [-0.2, 0) is 9.53 Å². The predicted octanol–water partition coefficient (Wildman–Crippen LogP) is 1.54. The van der Waals surface area contributed by atoms with Crippen LogP contribution >= 0.6 is 0 Å². The minimum atomic E-state index is -0.0488. The van der Waals surface area contributed by atoms with Gasteiger partial charge in [-0.25, -0.2) is 0 Å². The molecule has 0 radical (unpaired) electrons. The topological polar surface area (TPSA) is 64.4 Å². The van der Waals surface area contributed by atoms with Crippen LogP contribution < -0.4 is 11.1 Å². The fourth-order valence-electron chi connectivity index (χ4n) is 2.56. The van der Waals surface area contributed by atoms with Crippen molar-refractivity contribution in [2.75, 3.05) is 19.8 Å². The van der Waals surface area contributed by atoms with Crippen LogP contribution in [0.2, 0.25) is 0 Å². The lowest BCUT2D eigenvalue weighted by atomic mass is 9.91. The number of hydrogen-bond donors (Lipinski definition) is 2. The summed E-state index contributed by atoms with van der Waals surface area (Å²) in [7, 11) is 0. The second kappa shape index (κ2) is 7.74. The van der Waals surface area contributed by atoms with Gasteiger partial charge in [-0.05, 0) is 38.0 Å². The molecule has 0 bridgehead atoms. The first kappa shape index (κ1) is 15.4. The minimum Gasteiger partial charge on any atom is -0.381 e. The molecule has 1 aliphatic heterocycles. The first-order valence-electron chi connectivity index (χ1n) is 7.12. The van der Waals surface area contributed by atoms with Crippen molar-refractivity contribution in [3.05, 3.63) is 0 Å². The second-order valence-electron chi connectivity index (χ2n) is 5.81.